The highest BCUT2D eigenvalue weighted by Crippen LogP contribution is 2.23. The van der Waals surface area contributed by atoms with Crippen LogP contribution in [0.3, 0.4) is 0 Å². The Morgan fingerprint density at radius 1 is 0.789 bits per heavy atom. The van der Waals surface area contributed by atoms with E-state index in [1.54, 1.807) is 7.11 Å². The Hall–Kier alpha value is -1.80. The minimum Gasteiger partial charge on any atom is -0.497 e. The summed E-state index contributed by atoms with van der Waals surface area (Å²) in [6.07, 6.45) is 0. The van der Waals surface area contributed by atoms with Gasteiger partial charge in [-0.1, -0.05) is 50.2 Å². The van der Waals surface area contributed by atoms with Crippen LogP contribution in [0.2, 0.25) is 0 Å². The lowest BCUT2D eigenvalue weighted by Crippen LogP contribution is -2.11. The van der Waals surface area contributed by atoms with Crippen molar-refractivity contribution >= 4 is 0 Å². The minimum absolute atomic E-state index is 0.0906. The molecule has 19 heavy (non-hydrogen) atoms. The van der Waals surface area contributed by atoms with Crippen molar-refractivity contribution in [3.63, 3.8) is 0 Å². The Balaban J connectivity index is 2.20. The molecule has 0 aliphatic carbocycles. The Labute approximate surface area is 115 Å². The number of rotatable bonds is 4. The molecule has 0 radical (unpaired) electrons. The molecule has 0 amide bonds. The molecule has 1 atom stereocenters. The van der Waals surface area contributed by atoms with Crippen LogP contribution in [0.1, 0.15) is 42.5 Å². The monoisotopic (exact) mass is 255 g/mol. The Kier molecular flexibility index (Phi) is 4.23. The minimum atomic E-state index is -0.0906. The van der Waals surface area contributed by atoms with Gasteiger partial charge in [-0.25, -0.2) is 0 Å². The second kappa shape index (κ2) is 5.89. The lowest BCUT2D eigenvalue weighted by Gasteiger charge is -2.14. The quantitative estimate of drug-likeness (QED) is 0.900. The van der Waals surface area contributed by atoms with E-state index in [2.05, 4.69) is 38.1 Å². The molecule has 2 heteroatoms. The van der Waals surface area contributed by atoms with Crippen LogP contribution in [0.5, 0.6) is 5.75 Å². The average molecular weight is 255 g/mol. The fourth-order valence-electron chi connectivity index (χ4n) is 2.09. The Morgan fingerprint density at radius 3 is 1.63 bits per heavy atom. The van der Waals surface area contributed by atoms with Gasteiger partial charge in [0.25, 0.3) is 0 Å². The smallest absolute Gasteiger partial charge is 0.118 e. The third kappa shape index (κ3) is 3.15. The van der Waals surface area contributed by atoms with Gasteiger partial charge in [0.2, 0.25) is 0 Å². The first-order chi connectivity index (χ1) is 9.11. The van der Waals surface area contributed by atoms with E-state index < -0.39 is 0 Å². The van der Waals surface area contributed by atoms with Crippen molar-refractivity contribution in [2.75, 3.05) is 7.11 Å². The highest BCUT2D eigenvalue weighted by molar-refractivity contribution is 5.36. The van der Waals surface area contributed by atoms with Gasteiger partial charge >= 0.3 is 0 Å². The van der Waals surface area contributed by atoms with Gasteiger partial charge in [0, 0.05) is 0 Å². The maximum absolute atomic E-state index is 6.29. The normalized spacial score (nSPS) is 12.5. The Bertz CT molecular complexity index is 514. The van der Waals surface area contributed by atoms with Crippen LogP contribution >= 0.6 is 0 Å². The second-order valence-corrected chi connectivity index (χ2v) is 5.07. The molecule has 0 heterocycles. The van der Waals surface area contributed by atoms with E-state index in [9.17, 15) is 0 Å². The molecule has 100 valence electrons. The Morgan fingerprint density at radius 2 is 1.21 bits per heavy atom. The topological polar surface area (TPSA) is 35.2 Å². The van der Waals surface area contributed by atoms with Gasteiger partial charge in [-0.2, -0.15) is 0 Å². The fraction of sp³-hybridized carbons (Fsp3) is 0.294. The van der Waals surface area contributed by atoms with Gasteiger partial charge in [0.1, 0.15) is 5.75 Å². The van der Waals surface area contributed by atoms with Crippen LogP contribution in [0.4, 0.5) is 0 Å². The maximum Gasteiger partial charge on any atom is 0.118 e. The molecule has 0 fully saturated rings. The van der Waals surface area contributed by atoms with Crippen molar-refractivity contribution in [1.29, 1.82) is 0 Å². The molecule has 0 saturated carbocycles. The molecule has 0 bridgehead atoms. The molecule has 0 spiro atoms. The third-order valence-electron chi connectivity index (χ3n) is 3.44. The van der Waals surface area contributed by atoms with Crippen molar-refractivity contribution in [1.82, 2.24) is 0 Å². The van der Waals surface area contributed by atoms with Crippen molar-refractivity contribution in [3.05, 3.63) is 65.2 Å². The molecular formula is C17H21NO. The van der Waals surface area contributed by atoms with Crippen molar-refractivity contribution in [3.8, 4) is 5.75 Å². The van der Waals surface area contributed by atoms with Crippen LogP contribution < -0.4 is 10.5 Å². The summed E-state index contributed by atoms with van der Waals surface area (Å²) in [7, 11) is 1.67. The summed E-state index contributed by atoms with van der Waals surface area (Å²) in [6, 6.07) is 16.4. The zero-order valence-corrected chi connectivity index (χ0v) is 11.8. The van der Waals surface area contributed by atoms with Gasteiger partial charge < -0.3 is 10.5 Å². The van der Waals surface area contributed by atoms with Crippen LogP contribution in [-0.4, -0.2) is 7.11 Å². The summed E-state index contributed by atoms with van der Waals surface area (Å²) in [5.41, 5.74) is 9.86. The third-order valence-corrected chi connectivity index (χ3v) is 3.44. The molecule has 2 nitrogen and oxygen atoms in total. The van der Waals surface area contributed by atoms with Gasteiger partial charge in [-0.15, -0.1) is 0 Å². The number of hydrogen-bond acceptors (Lipinski definition) is 2. The molecule has 0 saturated heterocycles. The molecule has 0 aliphatic heterocycles. The average Bonchev–Trinajstić information content (AvgIpc) is 2.46. The zero-order chi connectivity index (χ0) is 13.8. The summed E-state index contributed by atoms with van der Waals surface area (Å²) in [5, 5.41) is 0. The SMILES string of the molecule is COc1ccc(C(N)c2ccc(C(C)C)cc2)cc1. The summed E-state index contributed by atoms with van der Waals surface area (Å²) in [4.78, 5) is 0. The van der Waals surface area contributed by atoms with E-state index in [0.717, 1.165) is 16.9 Å². The van der Waals surface area contributed by atoms with Gasteiger partial charge in [0.15, 0.2) is 0 Å². The molecule has 1 unspecified atom stereocenters. The first kappa shape index (κ1) is 13.6. The van der Waals surface area contributed by atoms with E-state index in [-0.39, 0.29) is 6.04 Å². The highest BCUT2D eigenvalue weighted by atomic mass is 16.5. The lowest BCUT2D eigenvalue weighted by atomic mass is 9.96. The molecule has 2 N–H and O–H groups in total. The fourth-order valence-corrected chi connectivity index (χ4v) is 2.09. The second-order valence-electron chi connectivity index (χ2n) is 5.07. The molecule has 2 rings (SSSR count). The number of methoxy groups -OCH3 is 1. The van der Waals surface area contributed by atoms with E-state index in [1.165, 1.54) is 5.56 Å². The molecule has 2 aromatic carbocycles. The first-order valence-corrected chi connectivity index (χ1v) is 6.61. The highest BCUT2D eigenvalue weighted by Gasteiger charge is 2.09. The lowest BCUT2D eigenvalue weighted by molar-refractivity contribution is 0.414. The summed E-state index contributed by atoms with van der Waals surface area (Å²) in [6.45, 7) is 4.39. The molecular weight excluding hydrogens is 234 g/mol. The summed E-state index contributed by atoms with van der Waals surface area (Å²) in [5.74, 6) is 1.40. The van der Waals surface area contributed by atoms with Crippen molar-refractivity contribution < 1.29 is 4.74 Å². The zero-order valence-electron chi connectivity index (χ0n) is 11.8. The predicted octanol–water partition coefficient (Wildman–Crippen LogP) is 3.87. The van der Waals surface area contributed by atoms with E-state index in [0.29, 0.717) is 5.92 Å². The molecule has 0 aromatic heterocycles. The molecule has 2 aromatic rings. The maximum atomic E-state index is 6.29. The van der Waals surface area contributed by atoms with Gasteiger partial charge in [-0.3, -0.25) is 0 Å². The van der Waals surface area contributed by atoms with E-state index in [1.807, 2.05) is 24.3 Å². The van der Waals surface area contributed by atoms with Crippen molar-refractivity contribution in [2.24, 2.45) is 5.73 Å². The molecule has 0 aliphatic rings. The largest absolute Gasteiger partial charge is 0.497 e. The summed E-state index contributed by atoms with van der Waals surface area (Å²) < 4.78 is 5.16. The van der Waals surface area contributed by atoms with Gasteiger partial charge in [0.05, 0.1) is 13.2 Å². The standard InChI is InChI=1S/C17H21NO/c1-12(2)13-4-6-14(7-5-13)17(18)15-8-10-16(19-3)11-9-15/h4-12,17H,18H2,1-3H3. The van der Waals surface area contributed by atoms with Crippen LogP contribution in [-0.2, 0) is 0 Å². The predicted molar refractivity (Wildman–Crippen MR) is 79.6 cm³/mol. The number of nitrogens with two attached hydrogens (primary N) is 1. The van der Waals surface area contributed by atoms with Crippen LogP contribution in [0.15, 0.2) is 48.5 Å². The number of ether oxygens (including phenoxy) is 1. The van der Waals surface area contributed by atoms with Crippen LogP contribution in [0.25, 0.3) is 0 Å². The summed E-state index contributed by atoms with van der Waals surface area (Å²) >= 11 is 0. The number of hydrogen-bond donors (Lipinski definition) is 1. The van der Waals surface area contributed by atoms with E-state index in [4.69, 9.17) is 10.5 Å². The first-order valence-electron chi connectivity index (χ1n) is 6.61. The van der Waals surface area contributed by atoms with Gasteiger partial charge in [-0.05, 0) is 34.7 Å². The number of benzene rings is 2. The van der Waals surface area contributed by atoms with Crippen molar-refractivity contribution in [2.45, 2.75) is 25.8 Å². The van der Waals surface area contributed by atoms with E-state index >= 15 is 0 Å². The van der Waals surface area contributed by atoms with Crippen LogP contribution in [0, 0.1) is 0 Å².